The fourth-order valence-electron chi connectivity index (χ4n) is 0.145. The Labute approximate surface area is 54.9 Å². The molecule has 0 aliphatic rings. The second-order valence-corrected chi connectivity index (χ2v) is 4.06. The molecule has 0 fully saturated rings. The van der Waals surface area contributed by atoms with Crippen molar-refractivity contribution < 1.29 is 0 Å². The lowest BCUT2D eigenvalue weighted by Crippen LogP contribution is -1.68. The van der Waals surface area contributed by atoms with Gasteiger partial charge in [0.05, 0.1) is 3.74 Å². The molecule has 0 aromatic heterocycles. The summed E-state index contributed by atoms with van der Waals surface area (Å²) in [4.78, 5) is 0. The lowest BCUT2D eigenvalue weighted by molar-refractivity contribution is 1.63. The highest BCUT2D eigenvalue weighted by atomic mass is 79.9. The Morgan fingerprint density at radius 3 is 2.00 bits per heavy atom. The SMILES string of the molecule is CC=CC(Br)Br. The first-order valence-corrected chi connectivity index (χ1v) is 3.51. The largest absolute Gasteiger partial charge is 0.0897 e. The van der Waals surface area contributed by atoms with Crippen molar-refractivity contribution in [1.82, 2.24) is 0 Å². The summed E-state index contributed by atoms with van der Waals surface area (Å²) in [6.07, 6.45) is 3.98. The average molecular weight is 214 g/mol. The average Bonchev–Trinajstić information content (AvgIpc) is 1.35. The van der Waals surface area contributed by atoms with Gasteiger partial charge in [-0.15, -0.1) is 0 Å². The lowest BCUT2D eigenvalue weighted by atomic mass is 10.6. The van der Waals surface area contributed by atoms with Gasteiger partial charge in [-0.1, -0.05) is 44.0 Å². The first kappa shape index (κ1) is 6.70. The maximum Gasteiger partial charge on any atom is 0.0877 e. The Morgan fingerprint density at radius 2 is 2.00 bits per heavy atom. The summed E-state index contributed by atoms with van der Waals surface area (Å²) in [6.45, 7) is 1.98. The summed E-state index contributed by atoms with van der Waals surface area (Å²) in [6, 6.07) is 0. The zero-order chi connectivity index (χ0) is 4.99. The summed E-state index contributed by atoms with van der Waals surface area (Å²) < 4.78 is 0.343. The molecule has 36 valence electrons. The van der Waals surface area contributed by atoms with E-state index in [4.69, 9.17) is 0 Å². The third kappa shape index (κ3) is 4.70. The van der Waals surface area contributed by atoms with Crippen LogP contribution in [0.3, 0.4) is 0 Å². The van der Waals surface area contributed by atoms with Gasteiger partial charge in [0.2, 0.25) is 0 Å². The zero-order valence-corrected chi connectivity index (χ0v) is 6.66. The monoisotopic (exact) mass is 212 g/mol. The molecule has 0 radical (unpaired) electrons. The number of hydrogen-bond donors (Lipinski definition) is 0. The van der Waals surface area contributed by atoms with Gasteiger partial charge in [0, 0.05) is 0 Å². The molecule has 0 unspecified atom stereocenters. The molecule has 2 heteroatoms. The van der Waals surface area contributed by atoms with Crippen LogP contribution in [0, 0.1) is 0 Å². The molecule has 0 saturated heterocycles. The molecule has 0 aliphatic carbocycles. The number of hydrogen-bond acceptors (Lipinski definition) is 0. The molecule has 0 heterocycles. The maximum absolute atomic E-state index is 3.26. The van der Waals surface area contributed by atoms with E-state index in [1.165, 1.54) is 0 Å². The van der Waals surface area contributed by atoms with Crippen molar-refractivity contribution in [2.24, 2.45) is 0 Å². The summed E-state index contributed by atoms with van der Waals surface area (Å²) in [5, 5.41) is 0. The second kappa shape index (κ2) is 3.88. The van der Waals surface area contributed by atoms with Gasteiger partial charge >= 0.3 is 0 Å². The highest BCUT2D eigenvalue weighted by molar-refractivity contribution is 9.24. The molecule has 0 rings (SSSR count). The molecule has 0 saturated carbocycles. The van der Waals surface area contributed by atoms with Crippen LogP contribution < -0.4 is 0 Å². The van der Waals surface area contributed by atoms with E-state index in [-0.39, 0.29) is 0 Å². The summed E-state index contributed by atoms with van der Waals surface area (Å²) in [7, 11) is 0. The van der Waals surface area contributed by atoms with Crippen LogP contribution in [0.25, 0.3) is 0 Å². The molecule has 0 spiro atoms. The Bertz CT molecular complexity index is 47.5. The number of rotatable bonds is 1. The highest BCUT2D eigenvalue weighted by Crippen LogP contribution is 2.07. The van der Waals surface area contributed by atoms with Gasteiger partial charge in [-0.05, 0) is 6.92 Å². The van der Waals surface area contributed by atoms with Crippen molar-refractivity contribution in [3.8, 4) is 0 Å². The second-order valence-electron chi connectivity index (χ2n) is 0.860. The standard InChI is InChI=1S/C4H6Br2/c1-2-3-4(5)6/h2-4H,1H3. The van der Waals surface area contributed by atoms with Gasteiger partial charge in [0.1, 0.15) is 0 Å². The van der Waals surface area contributed by atoms with E-state index in [2.05, 4.69) is 31.9 Å². The van der Waals surface area contributed by atoms with E-state index >= 15 is 0 Å². The quantitative estimate of drug-likeness (QED) is 0.464. The molecule has 0 bridgehead atoms. The van der Waals surface area contributed by atoms with Crippen molar-refractivity contribution >= 4 is 31.9 Å². The Hall–Kier alpha value is 0.700. The maximum atomic E-state index is 3.26. The molecule has 0 amide bonds. The smallest absolute Gasteiger partial charge is 0.0877 e. The van der Waals surface area contributed by atoms with Crippen molar-refractivity contribution in [3.05, 3.63) is 12.2 Å². The van der Waals surface area contributed by atoms with E-state index < -0.39 is 0 Å². The van der Waals surface area contributed by atoms with Crippen LogP contribution >= 0.6 is 31.9 Å². The predicted octanol–water partition coefficient (Wildman–Crippen LogP) is 2.68. The van der Waals surface area contributed by atoms with Gasteiger partial charge in [-0.25, -0.2) is 0 Å². The van der Waals surface area contributed by atoms with E-state index in [1.807, 2.05) is 19.1 Å². The van der Waals surface area contributed by atoms with Crippen LogP contribution in [-0.4, -0.2) is 3.74 Å². The minimum Gasteiger partial charge on any atom is -0.0897 e. The van der Waals surface area contributed by atoms with Crippen molar-refractivity contribution in [2.75, 3.05) is 0 Å². The van der Waals surface area contributed by atoms with Gasteiger partial charge in [0.25, 0.3) is 0 Å². The molecule has 6 heavy (non-hydrogen) atoms. The van der Waals surface area contributed by atoms with E-state index in [9.17, 15) is 0 Å². The normalized spacial score (nSPS) is 11.3. The van der Waals surface area contributed by atoms with Crippen molar-refractivity contribution in [3.63, 3.8) is 0 Å². The fourth-order valence-corrected chi connectivity index (χ4v) is 0.756. The molecule has 0 nitrogen and oxygen atoms in total. The van der Waals surface area contributed by atoms with Gasteiger partial charge < -0.3 is 0 Å². The Balaban J connectivity index is 3.03. The topological polar surface area (TPSA) is 0 Å². The van der Waals surface area contributed by atoms with Crippen LogP contribution in [0.5, 0.6) is 0 Å². The summed E-state index contributed by atoms with van der Waals surface area (Å²) in [5.41, 5.74) is 0. The summed E-state index contributed by atoms with van der Waals surface area (Å²) >= 11 is 6.53. The molecule has 0 aromatic carbocycles. The van der Waals surface area contributed by atoms with Gasteiger partial charge in [-0.3, -0.25) is 0 Å². The minimum absolute atomic E-state index is 0.343. The first-order chi connectivity index (χ1) is 2.77. The third-order valence-electron chi connectivity index (χ3n) is 0.338. The van der Waals surface area contributed by atoms with Crippen molar-refractivity contribution in [2.45, 2.75) is 10.7 Å². The first-order valence-electron chi connectivity index (χ1n) is 1.68. The highest BCUT2D eigenvalue weighted by Gasteiger charge is 1.81. The van der Waals surface area contributed by atoms with Gasteiger partial charge in [0.15, 0.2) is 0 Å². The van der Waals surface area contributed by atoms with Crippen LogP contribution in [0.4, 0.5) is 0 Å². The lowest BCUT2D eigenvalue weighted by Gasteiger charge is -1.81. The van der Waals surface area contributed by atoms with Gasteiger partial charge in [-0.2, -0.15) is 0 Å². The molecular formula is C4H6Br2. The van der Waals surface area contributed by atoms with Crippen LogP contribution in [0.1, 0.15) is 6.92 Å². The van der Waals surface area contributed by atoms with Crippen molar-refractivity contribution in [1.29, 1.82) is 0 Å². The molecule has 0 aliphatic heterocycles. The zero-order valence-electron chi connectivity index (χ0n) is 3.49. The van der Waals surface area contributed by atoms with E-state index in [0.29, 0.717) is 3.74 Å². The molecular weight excluding hydrogens is 208 g/mol. The Kier molecular flexibility index (Phi) is 4.33. The third-order valence-corrected chi connectivity index (χ3v) is 0.948. The minimum atomic E-state index is 0.343. The van der Waals surface area contributed by atoms with Crippen LogP contribution in [0.15, 0.2) is 12.2 Å². The summed E-state index contributed by atoms with van der Waals surface area (Å²) in [5.74, 6) is 0. The molecule has 0 atom stereocenters. The Morgan fingerprint density at radius 1 is 1.50 bits per heavy atom. The predicted molar refractivity (Wildman–Crippen MR) is 36.5 cm³/mol. The number of alkyl halides is 2. The van der Waals surface area contributed by atoms with E-state index in [1.54, 1.807) is 0 Å². The number of allylic oxidation sites excluding steroid dienone is 2. The fraction of sp³-hybridized carbons (Fsp3) is 0.500. The van der Waals surface area contributed by atoms with Crippen LogP contribution in [0.2, 0.25) is 0 Å². The number of halogens is 2. The van der Waals surface area contributed by atoms with Crippen LogP contribution in [-0.2, 0) is 0 Å². The van der Waals surface area contributed by atoms with E-state index in [0.717, 1.165) is 0 Å². The molecule has 0 aromatic rings. The molecule has 0 N–H and O–H groups in total.